The number of benzene rings is 1. The van der Waals surface area contributed by atoms with Crippen LogP contribution < -0.4 is 5.32 Å². The van der Waals surface area contributed by atoms with E-state index in [0.717, 1.165) is 5.56 Å². The molecule has 1 atom stereocenters. The first-order valence-electron chi connectivity index (χ1n) is 6.99. The molecule has 1 amide bonds. The quantitative estimate of drug-likeness (QED) is 0.820. The van der Waals surface area contributed by atoms with E-state index in [4.69, 9.17) is 9.05 Å². The molecule has 21 heavy (non-hydrogen) atoms. The van der Waals surface area contributed by atoms with Crippen LogP contribution in [0.15, 0.2) is 35.9 Å². The molecule has 0 radical (unpaired) electrons. The fraction of sp³-hybridized carbons (Fsp3) is 0.400. The monoisotopic (exact) mass is 309 g/mol. The summed E-state index contributed by atoms with van der Waals surface area (Å²) in [7, 11) is -3.41. The van der Waals surface area contributed by atoms with E-state index in [2.05, 4.69) is 5.32 Å². The molecule has 1 heterocycles. The van der Waals surface area contributed by atoms with E-state index in [9.17, 15) is 9.36 Å². The van der Waals surface area contributed by atoms with Gasteiger partial charge in [-0.05, 0) is 31.9 Å². The molecule has 0 aliphatic carbocycles. The number of hydrogen-bond donors (Lipinski definition) is 1. The first-order valence-corrected chi connectivity index (χ1v) is 8.60. The molecule has 114 valence electrons. The van der Waals surface area contributed by atoms with Crippen LogP contribution in [0.2, 0.25) is 0 Å². The normalized spacial score (nSPS) is 19.0. The van der Waals surface area contributed by atoms with Gasteiger partial charge in [-0.2, -0.15) is 0 Å². The first-order chi connectivity index (χ1) is 10.0. The zero-order valence-electron chi connectivity index (χ0n) is 12.5. The van der Waals surface area contributed by atoms with Crippen molar-refractivity contribution in [2.45, 2.75) is 26.6 Å². The highest BCUT2D eigenvalue weighted by Gasteiger charge is 2.44. The molecule has 1 aliphatic heterocycles. The zero-order valence-corrected chi connectivity index (χ0v) is 13.4. The van der Waals surface area contributed by atoms with E-state index in [1.54, 1.807) is 20.8 Å². The molecule has 0 fully saturated rings. The summed E-state index contributed by atoms with van der Waals surface area (Å²) in [6.07, 6.45) is 0. The fourth-order valence-electron chi connectivity index (χ4n) is 2.45. The molecule has 0 aromatic heterocycles. The standard InChI is InChI=1S/C15H20NO4P/c1-4-19-21(18,20-5-2)15-11(3)13(14(17)16-15)12-9-7-6-8-10-12/h6-10,15H,4-5H2,1-3H3,(H,16,17). The molecule has 1 aromatic rings. The van der Waals surface area contributed by atoms with Gasteiger partial charge in [-0.15, -0.1) is 0 Å². The van der Waals surface area contributed by atoms with E-state index < -0.39 is 13.4 Å². The molecule has 1 aromatic carbocycles. The van der Waals surface area contributed by atoms with E-state index >= 15 is 0 Å². The Morgan fingerprint density at radius 3 is 2.24 bits per heavy atom. The summed E-state index contributed by atoms with van der Waals surface area (Å²) in [4.78, 5) is 12.2. The largest absolute Gasteiger partial charge is 0.357 e. The van der Waals surface area contributed by atoms with Crippen molar-refractivity contribution in [2.24, 2.45) is 0 Å². The summed E-state index contributed by atoms with van der Waals surface area (Å²) >= 11 is 0. The van der Waals surface area contributed by atoms with Crippen LogP contribution in [-0.2, 0) is 18.4 Å². The second-order valence-electron chi connectivity index (χ2n) is 4.68. The van der Waals surface area contributed by atoms with Gasteiger partial charge in [0.1, 0.15) is 0 Å². The number of carbonyl (C=O) groups is 1. The molecule has 0 saturated carbocycles. The molecular formula is C15H20NO4P. The smallest absolute Gasteiger partial charge is 0.334 e. The van der Waals surface area contributed by atoms with Crippen LogP contribution in [0.3, 0.4) is 0 Å². The molecule has 1 N–H and O–H groups in total. The van der Waals surface area contributed by atoms with Gasteiger partial charge >= 0.3 is 7.60 Å². The lowest BCUT2D eigenvalue weighted by atomic mass is 10.0. The molecule has 6 heteroatoms. The summed E-state index contributed by atoms with van der Waals surface area (Å²) in [5, 5.41) is 2.74. The molecule has 1 aliphatic rings. The highest BCUT2D eigenvalue weighted by atomic mass is 31.2. The van der Waals surface area contributed by atoms with E-state index in [1.807, 2.05) is 30.3 Å². The Morgan fingerprint density at radius 2 is 1.71 bits per heavy atom. The molecular weight excluding hydrogens is 289 g/mol. The summed E-state index contributed by atoms with van der Waals surface area (Å²) < 4.78 is 23.5. The van der Waals surface area contributed by atoms with Gasteiger partial charge in [0.2, 0.25) is 0 Å². The van der Waals surface area contributed by atoms with Gasteiger partial charge in [-0.3, -0.25) is 9.36 Å². The van der Waals surface area contributed by atoms with Crippen LogP contribution in [0.5, 0.6) is 0 Å². The van der Waals surface area contributed by atoms with Gasteiger partial charge in [-0.25, -0.2) is 0 Å². The number of amides is 1. The summed E-state index contributed by atoms with van der Waals surface area (Å²) in [6.45, 7) is 5.81. The van der Waals surface area contributed by atoms with Crippen LogP contribution >= 0.6 is 7.60 Å². The minimum absolute atomic E-state index is 0.247. The van der Waals surface area contributed by atoms with Crippen molar-refractivity contribution in [3.05, 3.63) is 41.5 Å². The van der Waals surface area contributed by atoms with Crippen LogP contribution in [0.4, 0.5) is 0 Å². The molecule has 0 saturated heterocycles. The highest BCUT2D eigenvalue weighted by molar-refractivity contribution is 7.55. The van der Waals surface area contributed by atoms with Crippen LogP contribution in [0.1, 0.15) is 26.3 Å². The van der Waals surface area contributed by atoms with Gasteiger partial charge < -0.3 is 14.4 Å². The van der Waals surface area contributed by atoms with Crippen LogP contribution in [0, 0.1) is 0 Å². The lowest BCUT2D eigenvalue weighted by Gasteiger charge is -2.23. The van der Waals surface area contributed by atoms with Crippen molar-refractivity contribution in [3.8, 4) is 0 Å². The topological polar surface area (TPSA) is 64.6 Å². The first kappa shape index (κ1) is 16.0. The predicted molar refractivity (Wildman–Crippen MR) is 81.8 cm³/mol. The minimum atomic E-state index is -3.41. The van der Waals surface area contributed by atoms with Crippen molar-refractivity contribution in [1.29, 1.82) is 0 Å². The Bertz CT molecular complexity index is 587. The van der Waals surface area contributed by atoms with E-state index in [0.29, 0.717) is 11.1 Å². The Morgan fingerprint density at radius 1 is 1.14 bits per heavy atom. The third kappa shape index (κ3) is 3.10. The molecule has 1 unspecified atom stereocenters. The van der Waals surface area contributed by atoms with Crippen LogP contribution in [0.25, 0.3) is 5.57 Å². The molecule has 0 spiro atoms. The molecule has 5 nitrogen and oxygen atoms in total. The van der Waals surface area contributed by atoms with Gasteiger partial charge in [0.25, 0.3) is 5.91 Å². The van der Waals surface area contributed by atoms with Crippen LogP contribution in [-0.4, -0.2) is 24.9 Å². The number of rotatable bonds is 6. The van der Waals surface area contributed by atoms with E-state index in [1.165, 1.54) is 0 Å². The van der Waals surface area contributed by atoms with Gasteiger partial charge in [0, 0.05) is 5.57 Å². The maximum absolute atomic E-state index is 12.9. The SMILES string of the molecule is CCOP(=O)(OCC)C1NC(=O)C(c2ccccc2)=C1C. The van der Waals surface area contributed by atoms with Crippen molar-refractivity contribution in [1.82, 2.24) is 5.32 Å². The van der Waals surface area contributed by atoms with Crippen molar-refractivity contribution in [2.75, 3.05) is 13.2 Å². The predicted octanol–water partition coefficient (Wildman–Crippen LogP) is 3.18. The third-order valence-electron chi connectivity index (χ3n) is 3.30. The zero-order chi connectivity index (χ0) is 15.5. The van der Waals surface area contributed by atoms with E-state index in [-0.39, 0.29) is 19.1 Å². The maximum Gasteiger partial charge on any atom is 0.357 e. The van der Waals surface area contributed by atoms with Crippen molar-refractivity contribution >= 4 is 19.1 Å². The fourth-order valence-corrected chi connectivity index (χ4v) is 4.42. The average Bonchev–Trinajstić information content (AvgIpc) is 2.76. The van der Waals surface area contributed by atoms with Gasteiger partial charge in [0.15, 0.2) is 5.78 Å². The second kappa shape index (κ2) is 6.56. The van der Waals surface area contributed by atoms with Gasteiger partial charge in [0.05, 0.1) is 13.2 Å². The number of carbonyl (C=O) groups excluding carboxylic acids is 1. The Labute approximate surface area is 124 Å². The lowest BCUT2D eigenvalue weighted by molar-refractivity contribution is -0.115. The summed E-state index contributed by atoms with van der Waals surface area (Å²) in [5.74, 6) is -0.969. The number of hydrogen-bond acceptors (Lipinski definition) is 4. The Kier molecular flexibility index (Phi) is 4.99. The highest BCUT2D eigenvalue weighted by Crippen LogP contribution is 2.56. The Balaban J connectivity index is 2.42. The average molecular weight is 309 g/mol. The molecule has 0 bridgehead atoms. The molecule has 2 rings (SSSR count). The van der Waals surface area contributed by atoms with Gasteiger partial charge in [-0.1, -0.05) is 30.3 Å². The lowest BCUT2D eigenvalue weighted by Crippen LogP contribution is -2.30. The second-order valence-corrected chi connectivity index (χ2v) is 6.79. The Hall–Kier alpha value is -1.42. The minimum Gasteiger partial charge on any atom is -0.334 e. The summed E-state index contributed by atoms with van der Waals surface area (Å²) in [5.41, 5.74) is 2.03. The number of nitrogens with one attached hydrogen (secondary N) is 1. The third-order valence-corrected chi connectivity index (χ3v) is 5.68. The summed E-state index contributed by atoms with van der Waals surface area (Å²) in [6, 6.07) is 9.32. The van der Waals surface area contributed by atoms with Crippen molar-refractivity contribution in [3.63, 3.8) is 0 Å². The van der Waals surface area contributed by atoms with Crippen molar-refractivity contribution < 1.29 is 18.4 Å². The maximum atomic E-state index is 12.9.